The number of rotatable bonds is 35. The van der Waals surface area contributed by atoms with Crippen LogP contribution < -0.4 is 84.9 Å². The van der Waals surface area contributed by atoms with Crippen molar-refractivity contribution in [1.82, 2.24) is 0 Å². The lowest BCUT2D eigenvalue weighted by atomic mass is 9.74. The molecule has 0 saturated heterocycles. The average molecular weight is 1870 g/mol. The molecule has 8 atom stereocenters. The van der Waals surface area contributed by atoms with E-state index in [0.717, 1.165) is 398 Å². The van der Waals surface area contributed by atoms with E-state index in [4.69, 9.17) is 75.8 Å². The van der Waals surface area contributed by atoms with Crippen molar-refractivity contribution >= 4 is 0 Å². The van der Waals surface area contributed by atoms with Crippen LogP contribution >= 0.6 is 0 Å². The molecule has 0 fully saturated rings. The lowest BCUT2D eigenvalue weighted by Gasteiger charge is -2.36. The van der Waals surface area contributed by atoms with E-state index in [1.807, 2.05) is 0 Å². The number of benzene rings is 8. The molecule has 0 radical (unpaired) electrons. The molecule has 18 nitrogen and oxygen atoms in total. The number of pyridine rings is 2. The molecule has 10 aliphatic rings. The van der Waals surface area contributed by atoms with Gasteiger partial charge in [0.1, 0.15) is 69.0 Å². The summed E-state index contributed by atoms with van der Waals surface area (Å²) in [6.07, 6.45) is 41.0. The first-order valence-corrected chi connectivity index (χ1v) is 53.3. The molecule has 8 aromatic carbocycles. The molecule has 20 rings (SSSR count). The van der Waals surface area contributed by atoms with Gasteiger partial charge >= 0.3 is 0 Å². The highest BCUT2D eigenvalue weighted by Gasteiger charge is 2.47. The Morgan fingerprint density at radius 3 is 0.435 bits per heavy atom. The zero-order valence-corrected chi connectivity index (χ0v) is 84.6. The van der Waals surface area contributed by atoms with Crippen molar-refractivity contribution in [2.75, 3.05) is 54.3 Å². The number of aromatic nitrogens is 2. The van der Waals surface area contributed by atoms with Gasteiger partial charge in [-0.05, 0) is 153 Å². The van der Waals surface area contributed by atoms with Crippen LogP contribution in [0.5, 0.6) is 92.0 Å². The number of unbranched alkanes of at least 4 members (excludes halogenated alkanes) is 16. The van der Waals surface area contributed by atoms with Crippen molar-refractivity contribution in [2.45, 2.75) is 350 Å². The first-order chi connectivity index (χ1) is 67.7. The normalized spacial score (nSPS) is 19.3. The van der Waals surface area contributed by atoms with E-state index >= 15 is 0 Å². The van der Waals surface area contributed by atoms with Gasteiger partial charge in [-0.3, -0.25) is 0 Å². The highest BCUT2D eigenvalue weighted by Crippen LogP contribution is 2.63. The number of hydrogen-bond acceptors (Lipinski definition) is 16. The van der Waals surface area contributed by atoms with E-state index in [0.29, 0.717) is 0 Å². The minimum absolute atomic E-state index is 0.0161. The van der Waals surface area contributed by atoms with Gasteiger partial charge in [-0.25, -0.2) is 0 Å². The molecule has 10 heterocycles. The lowest BCUT2D eigenvalue weighted by molar-refractivity contribution is -0.597. The minimum Gasteiger partial charge on any atom is -0.457 e. The van der Waals surface area contributed by atoms with Crippen molar-refractivity contribution in [3.63, 3.8) is 0 Å². The van der Waals surface area contributed by atoms with Crippen molar-refractivity contribution in [3.05, 3.63) is 220 Å². The zero-order valence-electron chi connectivity index (χ0n) is 84.6. The molecule has 10 aromatic rings. The molecule has 138 heavy (non-hydrogen) atoms. The predicted molar refractivity (Wildman–Crippen MR) is 539 cm³/mol. The Labute approximate surface area is 818 Å². The van der Waals surface area contributed by atoms with Crippen LogP contribution in [0.1, 0.15) is 431 Å². The van der Waals surface area contributed by atoms with E-state index in [1.54, 1.807) is 0 Å². The number of nitrogens with zero attached hydrogens (tertiary/aromatic N) is 2. The zero-order chi connectivity index (χ0) is 94.9. The molecule has 8 unspecified atom stereocenters. The third kappa shape index (κ3) is 17.3. The van der Waals surface area contributed by atoms with Gasteiger partial charge in [0.15, 0.2) is 24.8 Å². The highest BCUT2D eigenvalue weighted by atomic mass is 16.7. The van der Waals surface area contributed by atoms with Crippen LogP contribution in [0, 0.1) is 41.5 Å². The van der Waals surface area contributed by atoms with Crippen LogP contribution in [-0.2, 0) is 0 Å². The maximum absolute atomic E-state index is 7.48. The third-order valence-electron chi connectivity index (χ3n) is 32.2. The molecule has 0 spiro atoms. The monoisotopic (exact) mass is 1870 g/mol. The molecular formula is C120H146N2O16+2. The van der Waals surface area contributed by atoms with Gasteiger partial charge in [0, 0.05) is 194 Å². The van der Waals surface area contributed by atoms with Gasteiger partial charge in [0.25, 0.3) is 11.4 Å². The van der Waals surface area contributed by atoms with Gasteiger partial charge in [-0.2, -0.15) is 9.13 Å². The van der Waals surface area contributed by atoms with E-state index in [-0.39, 0.29) is 102 Å². The summed E-state index contributed by atoms with van der Waals surface area (Å²) in [6, 6.07) is 29.0. The van der Waals surface area contributed by atoms with Crippen LogP contribution in [0.3, 0.4) is 0 Å². The summed E-state index contributed by atoms with van der Waals surface area (Å²) in [5.41, 5.74) is 27.8. The molecule has 2 aromatic heterocycles. The standard InChI is InChI=1S/C120H146N2O16/c1-15-23-31-39-79-87-55-88-80(40-32-24-16-2)92-58-96-84(44-36-28-20-6)100-61-99-83(43-35-27-19-5)95-57-91(79)109-73(11)113(95)131-67-135-117(99)103(118(100)136-68-132-114(96)74(12)110(92)128-64-124-106(88)71(9)105(87)123-63-127-109)121-51-47-77(48-52-121)78-49-53-122(54-50-78)104-119-101-62-102-86(46-38-30-22-8)98-60-94-82(42-34-26-18-4)90-56-89-81(41-33-25-17-3)93-59-97(85(101)45-37-29-21-7)115(133-69-137-119)75(13)111(93)129-65-125-107(89)72(10)108(90)126-66-130-112(94)76(14)116(98)134-70-138-120(102)104/h47-62,79-86H,15-46,63-70H2,1-14H3/q+2. The van der Waals surface area contributed by atoms with Gasteiger partial charge in [-0.1, -0.05) is 209 Å². The Balaban J connectivity index is 0.790. The molecule has 2 aliphatic carbocycles. The van der Waals surface area contributed by atoms with Crippen molar-refractivity contribution in [3.8, 4) is 114 Å². The van der Waals surface area contributed by atoms with E-state index in [9.17, 15) is 0 Å². The Hall–Kier alpha value is -11.1. The predicted octanol–water partition coefficient (Wildman–Crippen LogP) is 29.9. The van der Waals surface area contributed by atoms with Crippen LogP contribution in [0.4, 0.5) is 0 Å². The lowest BCUT2D eigenvalue weighted by Crippen LogP contribution is -2.34. The summed E-state index contributed by atoms with van der Waals surface area (Å²) < 4.78 is 120. The van der Waals surface area contributed by atoms with Crippen molar-refractivity contribution in [2.24, 2.45) is 0 Å². The second-order valence-electron chi connectivity index (χ2n) is 40.8. The molecule has 16 bridgehead atoms. The molecule has 18 heteroatoms. The number of hydrogen-bond donors (Lipinski definition) is 0. The van der Waals surface area contributed by atoms with Crippen LogP contribution in [0.25, 0.3) is 22.5 Å². The van der Waals surface area contributed by atoms with Crippen LogP contribution in [-0.4, -0.2) is 54.3 Å². The minimum atomic E-state index is -0.187. The van der Waals surface area contributed by atoms with E-state index in [2.05, 4.69) is 204 Å². The Kier molecular flexibility index (Phi) is 28.6. The largest absolute Gasteiger partial charge is 0.457 e. The first-order valence-electron chi connectivity index (χ1n) is 53.3. The van der Waals surface area contributed by atoms with Gasteiger partial charge in [0.2, 0.25) is 77.3 Å². The maximum Gasteiger partial charge on any atom is 0.296 e. The van der Waals surface area contributed by atoms with Crippen molar-refractivity contribution < 1.29 is 84.9 Å². The Morgan fingerprint density at radius 1 is 0.181 bits per heavy atom. The Morgan fingerprint density at radius 2 is 0.304 bits per heavy atom. The van der Waals surface area contributed by atoms with E-state index < -0.39 is 0 Å². The highest BCUT2D eigenvalue weighted by molar-refractivity contribution is 5.75. The molecule has 0 N–H and O–H groups in total. The summed E-state index contributed by atoms with van der Waals surface area (Å²) in [7, 11) is 0. The SMILES string of the molecule is CCCCCC1c2cc3c4c(C)c2OCOc2c1cc1c(c2C)OCOc2c(cc5c(c2-[n+]2ccc(-c6cc[n+](-c7c8c9cc%10c7OCOc7c(cc%11c(c7C)OCOc7c(cc%12c(c7C)OCOc7c(cc(c(c7C)OCO8)C9CCCCC)C%12CCCCC)C%11CCCCC)C%10CCCCC)cc6)cc2)OCOc2c(cc(c(c2C)OCO4)C3CCCCC)C5CCCCC)C1CCCCC. The summed E-state index contributed by atoms with van der Waals surface area (Å²) in [4.78, 5) is 0. The fourth-order valence-electron chi connectivity index (χ4n) is 25.2. The van der Waals surface area contributed by atoms with Gasteiger partial charge in [0.05, 0.1) is 0 Å². The molecule has 8 aliphatic heterocycles. The summed E-state index contributed by atoms with van der Waals surface area (Å²) in [5, 5.41) is 0. The molecule has 0 amide bonds. The Bertz CT molecular complexity index is 5470. The van der Waals surface area contributed by atoms with Gasteiger partial charge < -0.3 is 75.8 Å². The average Bonchev–Trinajstić information content (AvgIpc) is 0.716. The third-order valence-corrected chi connectivity index (χ3v) is 32.2. The van der Waals surface area contributed by atoms with Crippen LogP contribution in [0.2, 0.25) is 0 Å². The van der Waals surface area contributed by atoms with Gasteiger partial charge in [-0.15, -0.1) is 0 Å². The summed E-state index contributed by atoms with van der Waals surface area (Å²) in [5.74, 6) is 11.6. The second-order valence-corrected chi connectivity index (χ2v) is 40.8. The molecule has 0 saturated carbocycles. The second kappa shape index (κ2) is 41.7. The van der Waals surface area contributed by atoms with Crippen LogP contribution in [0.15, 0.2) is 97.6 Å². The fraction of sp³-hybridized carbons (Fsp3) is 0.517. The summed E-state index contributed by atoms with van der Waals surface area (Å²) >= 11 is 0. The summed E-state index contributed by atoms with van der Waals surface area (Å²) in [6.45, 7) is 31.4. The van der Waals surface area contributed by atoms with E-state index in [1.165, 1.54) is 44.5 Å². The molecular weight excluding hydrogens is 1730 g/mol. The van der Waals surface area contributed by atoms with Crippen molar-refractivity contribution in [1.29, 1.82) is 0 Å². The topological polar surface area (TPSA) is 155 Å². The molecule has 730 valence electrons. The smallest absolute Gasteiger partial charge is 0.296 e. The number of ether oxygens (including phenoxy) is 16. The quantitative estimate of drug-likeness (QED) is 0.0273. The fourth-order valence-corrected chi connectivity index (χ4v) is 25.2. The first kappa shape index (κ1) is 94.5. The maximum atomic E-state index is 7.48.